The van der Waals surface area contributed by atoms with Crippen molar-refractivity contribution in [1.29, 1.82) is 0 Å². The summed E-state index contributed by atoms with van der Waals surface area (Å²) in [6, 6.07) is 12.3. The molecule has 1 aliphatic rings. The zero-order chi connectivity index (χ0) is 18.1. The summed E-state index contributed by atoms with van der Waals surface area (Å²) in [7, 11) is 0. The van der Waals surface area contributed by atoms with Crippen LogP contribution in [0.5, 0.6) is 0 Å². The SMILES string of the molecule is Cc1cn(-c2ccc(F)cc2)nc1C(=O)NCc1ccc2c(c1)CNC2. The summed E-state index contributed by atoms with van der Waals surface area (Å²) in [6.45, 7) is 4.07. The van der Waals surface area contributed by atoms with Crippen LogP contribution in [-0.4, -0.2) is 15.7 Å². The lowest BCUT2D eigenvalue weighted by atomic mass is 10.1. The molecule has 3 aromatic rings. The number of rotatable bonds is 4. The van der Waals surface area contributed by atoms with Gasteiger partial charge in [-0.15, -0.1) is 0 Å². The van der Waals surface area contributed by atoms with Crippen LogP contribution in [0.25, 0.3) is 5.69 Å². The van der Waals surface area contributed by atoms with Crippen LogP contribution >= 0.6 is 0 Å². The van der Waals surface area contributed by atoms with E-state index in [9.17, 15) is 9.18 Å². The summed E-state index contributed by atoms with van der Waals surface area (Å²) >= 11 is 0. The van der Waals surface area contributed by atoms with E-state index >= 15 is 0 Å². The summed E-state index contributed by atoms with van der Waals surface area (Å²) in [5, 5.41) is 10.6. The molecule has 26 heavy (non-hydrogen) atoms. The van der Waals surface area contributed by atoms with Gasteiger partial charge in [0.05, 0.1) is 5.69 Å². The number of halogens is 1. The predicted octanol–water partition coefficient (Wildman–Crippen LogP) is 2.85. The first-order chi connectivity index (χ1) is 12.6. The molecule has 0 unspecified atom stereocenters. The van der Waals surface area contributed by atoms with Crippen LogP contribution in [0, 0.1) is 12.7 Å². The van der Waals surface area contributed by atoms with Gasteiger partial charge in [0.1, 0.15) is 5.82 Å². The molecule has 0 aliphatic carbocycles. The average Bonchev–Trinajstić information content (AvgIpc) is 3.26. The summed E-state index contributed by atoms with van der Waals surface area (Å²) in [5.74, 6) is -0.526. The van der Waals surface area contributed by atoms with Gasteiger partial charge in [-0.2, -0.15) is 5.10 Å². The van der Waals surface area contributed by atoms with E-state index in [4.69, 9.17) is 0 Å². The van der Waals surface area contributed by atoms with Gasteiger partial charge in [-0.05, 0) is 47.9 Å². The van der Waals surface area contributed by atoms with Crippen LogP contribution in [0.3, 0.4) is 0 Å². The Hall–Kier alpha value is -2.99. The molecule has 0 spiro atoms. The molecule has 5 nitrogen and oxygen atoms in total. The van der Waals surface area contributed by atoms with Crippen molar-refractivity contribution in [2.45, 2.75) is 26.6 Å². The van der Waals surface area contributed by atoms with Crippen molar-refractivity contribution in [3.05, 3.63) is 82.4 Å². The lowest BCUT2D eigenvalue weighted by Crippen LogP contribution is -2.24. The molecule has 0 saturated carbocycles. The Kier molecular flexibility index (Phi) is 4.26. The minimum atomic E-state index is -0.305. The van der Waals surface area contributed by atoms with Gasteiger partial charge < -0.3 is 10.6 Å². The van der Waals surface area contributed by atoms with Crippen molar-refractivity contribution in [3.63, 3.8) is 0 Å². The first kappa shape index (κ1) is 16.5. The van der Waals surface area contributed by atoms with Gasteiger partial charge in [0.2, 0.25) is 0 Å². The third kappa shape index (κ3) is 3.23. The van der Waals surface area contributed by atoms with Crippen molar-refractivity contribution < 1.29 is 9.18 Å². The lowest BCUT2D eigenvalue weighted by Gasteiger charge is -2.06. The van der Waals surface area contributed by atoms with Crippen LogP contribution in [0.2, 0.25) is 0 Å². The molecular formula is C20H19FN4O. The maximum absolute atomic E-state index is 13.1. The Labute approximate surface area is 150 Å². The number of aromatic nitrogens is 2. The highest BCUT2D eigenvalue weighted by Gasteiger charge is 2.15. The fraction of sp³-hybridized carbons (Fsp3) is 0.200. The molecule has 132 valence electrons. The molecular weight excluding hydrogens is 331 g/mol. The van der Waals surface area contributed by atoms with Gasteiger partial charge in [0, 0.05) is 31.4 Å². The molecule has 2 aromatic carbocycles. The first-order valence-corrected chi connectivity index (χ1v) is 8.52. The topological polar surface area (TPSA) is 59.0 Å². The molecule has 0 atom stereocenters. The fourth-order valence-corrected chi connectivity index (χ4v) is 3.13. The Morgan fingerprint density at radius 1 is 1.19 bits per heavy atom. The summed E-state index contributed by atoms with van der Waals surface area (Å²) in [6.07, 6.45) is 1.77. The van der Waals surface area contributed by atoms with Gasteiger partial charge in [-0.25, -0.2) is 9.07 Å². The highest BCUT2D eigenvalue weighted by Crippen LogP contribution is 2.17. The van der Waals surface area contributed by atoms with Crippen molar-refractivity contribution in [1.82, 2.24) is 20.4 Å². The lowest BCUT2D eigenvalue weighted by molar-refractivity contribution is 0.0945. The number of benzene rings is 2. The van der Waals surface area contributed by atoms with Crippen molar-refractivity contribution in [2.75, 3.05) is 0 Å². The molecule has 2 heterocycles. The highest BCUT2D eigenvalue weighted by atomic mass is 19.1. The van der Waals surface area contributed by atoms with Gasteiger partial charge in [-0.1, -0.05) is 18.2 Å². The van der Waals surface area contributed by atoms with Gasteiger partial charge in [0.15, 0.2) is 5.69 Å². The molecule has 0 saturated heterocycles. The second-order valence-corrected chi connectivity index (χ2v) is 6.47. The van der Waals surface area contributed by atoms with E-state index in [0.29, 0.717) is 17.9 Å². The largest absolute Gasteiger partial charge is 0.347 e. The Morgan fingerprint density at radius 3 is 2.77 bits per heavy atom. The summed E-state index contributed by atoms with van der Waals surface area (Å²) in [5.41, 5.74) is 5.51. The molecule has 4 rings (SSSR count). The predicted molar refractivity (Wildman–Crippen MR) is 96.4 cm³/mol. The zero-order valence-electron chi connectivity index (χ0n) is 14.4. The second-order valence-electron chi connectivity index (χ2n) is 6.47. The number of nitrogens with zero attached hydrogens (tertiary/aromatic N) is 2. The maximum Gasteiger partial charge on any atom is 0.272 e. The zero-order valence-corrected chi connectivity index (χ0v) is 14.4. The van der Waals surface area contributed by atoms with E-state index < -0.39 is 0 Å². The van der Waals surface area contributed by atoms with Crippen molar-refractivity contribution in [2.24, 2.45) is 0 Å². The van der Waals surface area contributed by atoms with Gasteiger partial charge in [-0.3, -0.25) is 4.79 Å². The van der Waals surface area contributed by atoms with E-state index in [-0.39, 0.29) is 11.7 Å². The molecule has 6 heteroatoms. The Bertz CT molecular complexity index is 962. The van der Waals surface area contributed by atoms with Crippen LogP contribution in [0.4, 0.5) is 4.39 Å². The minimum absolute atomic E-state index is 0.220. The van der Waals surface area contributed by atoms with Gasteiger partial charge in [0.25, 0.3) is 5.91 Å². The van der Waals surface area contributed by atoms with Crippen LogP contribution < -0.4 is 10.6 Å². The molecule has 0 fully saturated rings. The van der Waals surface area contributed by atoms with E-state index in [0.717, 1.165) is 24.2 Å². The van der Waals surface area contributed by atoms with E-state index in [1.54, 1.807) is 23.0 Å². The number of carbonyl (C=O) groups is 1. The Morgan fingerprint density at radius 2 is 1.96 bits per heavy atom. The number of amides is 1. The third-order valence-corrected chi connectivity index (χ3v) is 4.56. The third-order valence-electron chi connectivity index (χ3n) is 4.56. The molecule has 0 radical (unpaired) electrons. The van der Waals surface area contributed by atoms with Crippen molar-refractivity contribution >= 4 is 5.91 Å². The van der Waals surface area contributed by atoms with Gasteiger partial charge >= 0.3 is 0 Å². The minimum Gasteiger partial charge on any atom is -0.347 e. The van der Waals surface area contributed by atoms with Crippen LogP contribution in [-0.2, 0) is 19.6 Å². The number of hydrogen-bond donors (Lipinski definition) is 2. The molecule has 1 aromatic heterocycles. The van der Waals surface area contributed by atoms with E-state index in [1.807, 2.05) is 13.0 Å². The second kappa shape index (κ2) is 6.72. The quantitative estimate of drug-likeness (QED) is 0.761. The molecule has 0 bridgehead atoms. The summed E-state index contributed by atoms with van der Waals surface area (Å²) < 4.78 is 14.6. The monoisotopic (exact) mass is 350 g/mol. The van der Waals surface area contributed by atoms with Crippen LogP contribution in [0.1, 0.15) is 32.7 Å². The number of aryl methyl sites for hydroxylation is 1. The molecule has 1 amide bonds. The summed E-state index contributed by atoms with van der Waals surface area (Å²) in [4.78, 5) is 12.5. The number of hydrogen-bond acceptors (Lipinski definition) is 3. The average molecular weight is 350 g/mol. The van der Waals surface area contributed by atoms with Crippen LogP contribution in [0.15, 0.2) is 48.7 Å². The normalized spacial score (nSPS) is 12.8. The molecule has 1 aliphatic heterocycles. The smallest absolute Gasteiger partial charge is 0.272 e. The standard InChI is InChI=1S/C20H19FN4O/c1-13-12-25(18-6-4-17(21)5-7-18)24-19(13)20(26)23-9-14-2-3-15-10-22-11-16(15)8-14/h2-8,12,22H,9-11H2,1H3,(H,23,26). The molecule has 2 N–H and O–H groups in total. The first-order valence-electron chi connectivity index (χ1n) is 8.52. The highest BCUT2D eigenvalue weighted by molar-refractivity contribution is 5.93. The van der Waals surface area contributed by atoms with E-state index in [2.05, 4.69) is 27.9 Å². The Balaban J connectivity index is 1.47. The van der Waals surface area contributed by atoms with E-state index in [1.165, 1.54) is 23.3 Å². The number of fused-ring (bicyclic) bond motifs is 1. The number of carbonyl (C=O) groups excluding carboxylic acids is 1. The maximum atomic E-state index is 13.1. The number of nitrogens with one attached hydrogen (secondary N) is 2. The fourth-order valence-electron chi connectivity index (χ4n) is 3.13. The van der Waals surface area contributed by atoms with Crippen molar-refractivity contribution in [3.8, 4) is 5.69 Å².